The molecule has 0 aliphatic carbocycles. The summed E-state index contributed by atoms with van der Waals surface area (Å²) in [5.74, 6) is -1.06. The van der Waals surface area contributed by atoms with Crippen LogP contribution in [0.4, 0.5) is 0 Å². The van der Waals surface area contributed by atoms with Gasteiger partial charge in [0.2, 0.25) is 0 Å². The Hall–Kier alpha value is 0.330. The number of rotatable bonds is 4. The van der Waals surface area contributed by atoms with Gasteiger partial charge in [0, 0.05) is 10.9 Å². The van der Waals surface area contributed by atoms with Gasteiger partial charge in [-0.15, -0.1) is 23.2 Å². The third-order valence-electron chi connectivity index (χ3n) is 1.92. The van der Waals surface area contributed by atoms with Crippen molar-refractivity contribution in [3.05, 3.63) is 32.2 Å². The minimum atomic E-state index is -1.37. The van der Waals surface area contributed by atoms with Gasteiger partial charge in [-0.25, -0.2) is 0 Å². The average molecular weight is 381 g/mol. The van der Waals surface area contributed by atoms with Crippen molar-refractivity contribution >= 4 is 68.3 Å². The first kappa shape index (κ1) is 15.4. The van der Waals surface area contributed by atoms with Gasteiger partial charge in [0.1, 0.15) is 4.33 Å². The maximum atomic E-state index is 10.6. The molecule has 0 heterocycles. The zero-order valence-electron chi connectivity index (χ0n) is 8.31. The lowest BCUT2D eigenvalue weighted by Crippen LogP contribution is -2.21. The van der Waals surface area contributed by atoms with Crippen LogP contribution in [0.2, 0.25) is 10.0 Å². The van der Waals surface area contributed by atoms with Crippen molar-refractivity contribution in [2.24, 2.45) is 0 Å². The molecule has 0 aliphatic rings. The van der Waals surface area contributed by atoms with Crippen LogP contribution in [0.1, 0.15) is 12.0 Å². The van der Waals surface area contributed by atoms with E-state index in [2.05, 4.69) is 15.9 Å². The van der Waals surface area contributed by atoms with E-state index in [0.717, 1.165) is 0 Å². The molecule has 0 saturated carbocycles. The Kier molecular flexibility index (Phi) is 5.41. The van der Waals surface area contributed by atoms with Gasteiger partial charge < -0.3 is 5.11 Å². The normalized spacial score (nSPS) is 11.6. The first-order chi connectivity index (χ1) is 7.71. The van der Waals surface area contributed by atoms with Crippen molar-refractivity contribution in [1.82, 2.24) is 0 Å². The number of carboxylic acid groups (broad SMARTS) is 1. The molecule has 0 spiro atoms. The van der Waals surface area contributed by atoms with Gasteiger partial charge in [0.25, 0.3) is 0 Å². The first-order valence-corrected chi connectivity index (χ1v) is 6.75. The monoisotopic (exact) mass is 378 g/mol. The summed E-state index contributed by atoms with van der Waals surface area (Å²) in [7, 11) is 0. The molecule has 1 rings (SSSR count). The Balaban J connectivity index is 2.92. The van der Waals surface area contributed by atoms with Crippen LogP contribution >= 0.6 is 62.3 Å². The molecule has 2 nitrogen and oxygen atoms in total. The van der Waals surface area contributed by atoms with Crippen molar-refractivity contribution in [2.45, 2.75) is 17.2 Å². The van der Waals surface area contributed by atoms with E-state index >= 15 is 0 Å². The van der Waals surface area contributed by atoms with Gasteiger partial charge >= 0.3 is 5.97 Å². The number of halogens is 5. The molecule has 94 valence electrons. The lowest BCUT2D eigenvalue weighted by Gasteiger charge is -2.17. The molecule has 1 N–H and O–H groups in total. The van der Waals surface area contributed by atoms with E-state index in [1.165, 1.54) is 0 Å². The molecule has 0 aliphatic heterocycles. The zero-order valence-corrected chi connectivity index (χ0v) is 12.9. The molecule has 0 fully saturated rings. The predicted octanol–water partition coefficient (Wildman–Crippen LogP) is 4.95. The molecule has 1 aromatic carbocycles. The molecule has 0 saturated heterocycles. The van der Waals surface area contributed by atoms with Crippen LogP contribution in [0.5, 0.6) is 0 Å². The van der Waals surface area contributed by atoms with E-state index in [0.29, 0.717) is 20.1 Å². The third kappa shape index (κ3) is 4.84. The minimum absolute atomic E-state index is 0.165. The summed E-state index contributed by atoms with van der Waals surface area (Å²) in [5, 5.41) is 9.40. The maximum Gasteiger partial charge on any atom is 0.306 e. The highest BCUT2D eigenvalue weighted by molar-refractivity contribution is 9.10. The Morgan fingerprint density at radius 1 is 1.35 bits per heavy atom. The minimum Gasteiger partial charge on any atom is -0.481 e. The van der Waals surface area contributed by atoms with Gasteiger partial charge in [-0.2, -0.15) is 0 Å². The van der Waals surface area contributed by atoms with Gasteiger partial charge in [-0.05, 0) is 33.6 Å². The molecule has 0 aromatic heterocycles. The van der Waals surface area contributed by atoms with E-state index in [1.54, 1.807) is 12.1 Å². The van der Waals surface area contributed by atoms with Crippen LogP contribution in [0, 0.1) is 0 Å². The predicted molar refractivity (Wildman–Crippen MR) is 74.6 cm³/mol. The summed E-state index contributed by atoms with van der Waals surface area (Å²) >= 11 is 26.8. The Bertz CT molecular complexity index is 425. The van der Waals surface area contributed by atoms with Crippen LogP contribution in [0.3, 0.4) is 0 Å². The summed E-state index contributed by atoms with van der Waals surface area (Å²) in [5.41, 5.74) is 0.706. The number of aliphatic carboxylic acids is 1. The topological polar surface area (TPSA) is 37.3 Å². The fraction of sp³-hybridized carbons (Fsp3) is 0.300. The van der Waals surface area contributed by atoms with Crippen LogP contribution in [-0.2, 0) is 11.2 Å². The van der Waals surface area contributed by atoms with Crippen LogP contribution in [0.15, 0.2) is 16.6 Å². The highest BCUT2D eigenvalue weighted by atomic mass is 79.9. The standard InChI is InChI=1S/C10H7BrCl4O2/c11-6-1-5(2-7(12)9(6)13)3-10(14,15)4-8(16)17/h1-2H,3-4H2,(H,16,17). The van der Waals surface area contributed by atoms with E-state index < -0.39 is 10.3 Å². The largest absolute Gasteiger partial charge is 0.481 e. The fourth-order valence-electron chi connectivity index (χ4n) is 1.29. The molecule has 17 heavy (non-hydrogen) atoms. The van der Waals surface area contributed by atoms with Crippen molar-refractivity contribution in [3.63, 3.8) is 0 Å². The van der Waals surface area contributed by atoms with Crippen LogP contribution in [0.25, 0.3) is 0 Å². The smallest absolute Gasteiger partial charge is 0.306 e. The number of hydrogen-bond donors (Lipinski definition) is 1. The molecule has 1 aromatic rings. The summed E-state index contributed by atoms with van der Waals surface area (Å²) in [6.45, 7) is 0. The van der Waals surface area contributed by atoms with Gasteiger partial charge in [0.15, 0.2) is 0 Å². The molecule has 0 amide bonds. The molecule has 0 atom stereocenters. The first-order valence-electron chi connectivity index (χ1n) is 4.44. The number of benzene rings is 1. The van der Waals surface area contributed by atoms with Crippen LogP contribution in [-0.4, -0.2) is 15.4 Å². The van der Waals surface area contributed by atoms with Gasteiger partial charge in [-0.3, -0.25) is 4.79 Å². The third-order valence-corrected chi connectivity index (χ3v) is 4.11. The molecule has 0 radical (unpaired) electrons. The Morgan fingerprint density at radius 3 is 2.41 bits per heavy atom. The Labute approximate surface area is 127 Å². The van der Waals surface area contributed by atoms with Gasteiger partial charge in [-0.1, -0.05) is 23.2 Å². The second-order valence-electron chi connectivity index (χ2n) is 3.48. The van der Waals surface area contributed by atoms with Crippen molar-refractivity contribution in [3.8, 4) is 0 Å². The fourth-order valence-corrected chi connectivity index (χ4v) is 2.80. The average Bonchev–Trinajstić information content (AvgIpc) is 2.10. The second kappa shape index (κ2) is 5.98. The number of carbonyl (C=O) groups is 1. The lowest BCUT2D eigenvalue weighted by atomic mass is 10.1. The van der Waals surface area contributed by atoms with E-state index in [4.69, 9.17) is 51.5 Å². The summed E-state index contributed by atoms with van der Waals surface area (Å²) < 4.78 is -0.760. The van der Waals surface area contributed by atoms with Crippen molar-refractivity contribution in [1.29, 1.82) is 0 Å². The van der Waals surface area contributed by atoms with E-state index in [-0.39, 0.29) is 12.8 Å². The number of alkyl halides is 2. The number of hydrogen-bond acceptors (Lipinski definition) is 1. The lowest BCUT2D eigenvalue weighted by molar-refractivity contribution is -0.137. The summed E-state index contributed by atoms with van der Waals surface area (Å²) in [6, 6.07) is 3.31. The Morgan fingerprint density at radius 2 is 1.94 bits per heavy atom. The molecular formula is C10H7BrCl4O2. The quantitative estimate of drug-likeness (QED) is 0.593. The molecule has 0 unspecified atom stereocenters. The molecular weight excluding hydrogens is 374 g/mol. The SMILES string of the molecule is O=C(O)CC(Cl)(Cl)Cc1cc(Cl)c(Cl)c(Br)c1. The van der Waals surface area contributed by atoms with Crippen molar-refractivity contribution < 1.29 is 9.90 Å². The highest BCUT2D eigenvalue weighted by Crippen LogP contribution is 2.35. The van der Waals surface area contributed by atoms with E-state index in [1.807, 2.05) is 0 Å². The highest BCUT2D eigenvalue weighted by Gasteiger charge is 2.28. The van der Waals surface area contributed by atoms with Crippen LogP contribution < -0.4 is 0 Å². The second-order valence-corrected chi connectivity index (χ2v) is 6.76. The molecule has 0 bridgehead atoms. The van der Waals surface area contributed by atoms with E-state index in [9.17, 15) is 4.79 Å². The van der Waals surface area contributed by atoms with Crippen molar-refractivity contribution in [2.75, 3.05) is 0 Å². The summed E-state index contributed by atoms with van der Waals surface area (Å²) in [6.07, 6.45) is -0.189. The molecule has 7 heteroatoms. The number of carboxylic acids is 1. The van der Waals surface area contributed by atoms with Gasteiger partial charge in [0.05, 0.1) is 16.5 Å². The maximum absolute atomic E-state index is 10.6. The zero-order chi connectivity index (χ0) is 13.2. The summed E-state index contributed by atoms with van der Waals surface area (Å²) in [4.78, 5) is 10.6.